The van der Waals surface area contributed by atoms with E-state index >= 15 is 0 Å². The number of benzene rings is 1. The lowest BCUT2D eigenvalue weighted by Gasteiger charge is -2.57. The first-order valence-corrected chi connectivity index (χ1v) is 12.6. The summed E-state index contributed by atoms with van der Waals surface area (Å²) in [7, 11) is 0. The van der Waals surface area contributed by atoms with Gasteiger partial charge in [-0.15, -0.1) is 0 Å². The van der Waals surface area contributed by atoms with Crippen LogP contribution in [0.25, 0.3) is 0 Å². The number of rotatable bonds is 13. The molecule has 0 heterocycles. The molecule has 4 aliphatic rings. The Morgan fingerprint density at radius 2 is 1.30 bits per heavy atom. The number of aliphatic carboxylic acids is 1. The van der Waals surface area contributed by atoms with E-state index in [9.17, 15) is 4.79 Å². The lowest BCUT2D eigenvalue weighted by atomic mass is 9.48. The van der Waals surface area contributed by atoms with Crippen LogP contribution in [-0.4, -0.2) is 17.7 Å². The molecule has 166 valence electrons. The van der Waals surface area contributed by atoms with Crippen molar-refractivity contribution in [3.8, 4) is 5.75 Å². The predicted molar refractivity (Wildman–Crippen MR) is 121 cm³/mol. The SMILES string of the molecule is O=C(O)CCCCCCCCCCOc1ccc(C23CC4CC(CC(C4)C2)C3)cc1. The molecule has 5 rings (SSSR count). The Bertz CT molecular complexity index is 643. The van der Waals surface area contributed by atoms with E-state index in [0.29, 0.717) is 11.8 Å². The molecule has 1 aromatic carbocycles. The summed E-state index contributed by atoms with van der Waals surface area (Å²) in [4.78, 5) is 10.5. The molecule has 0 spiro atoms. The number of unbranched alkanes of at least 4 members (excludes halogenated alkanes) is 7. The Morgan fingerprint density at radius 3 is 1.83 bits per heavy atom. The van der Waals surface area contributed by atoms with E-state index in [1.807, 2.05) is 0 Å². The molecular weight excluding hydrogens is 372 g/mol. The molecule has 0 aliphatic heterocycles. The number of carboxylic acid groups (broad SMARTS) is 1. The van der Waals surface area contributed by atoms with Crippen molar-refractivity contribution in [2.45, 2.75) is 102 Å². The van der Waals surface area contributed by atoms with Crippen LogP contribution in [0.4, 0.5) is 0 Å². The summed E-state index contributed by atoms with van der Waals surface area (Å²) in [5, 5.41) is 8.63. The summed E-state index contributed by atoms with van der Waals surface area (Å²) in [6.45, 7) is 0.815. The van der Waals surface area contributed by atoms with Gasteiger partial charge in [0.2, 0.25) is 0 Å². The smallest absolute Gasteiger partial charge is 0.303 e. The van der Waals surface area contributed by atoms with Crippen molar-refractivity contribution in [1.29, 1.82) is 0 Å². The minimum absolute atomic E-state index is 0.320. The fourth-order valence-corrected chi connectivity index (χ4v) is 7.00. The summed E-state index contributed by atoms with van der Waals surface area (Å²) in [6, 6.07) is 9.16. The van der Waals surface area contributed by atoms with Crippen LogP contribution in [0.2, 0.25) is 0 Å². The third-order valence-electron chi connectivity index (χ3n) is 8.06. The minimum Gasteiger partial charge on any atom is -0.494 e. The van der Waals surface area contributed by atoms with Gasteiger partial charge in [0.1, 0.15) is 5.75 Å². The number of carbonyl (C=O) groups is 1. The molecule has 0 amide bonds. The molecule has 3 heteroatoms. The highest BCUT2D eigenvalue weighted by Gasteiger charge is 2.51. The van der Waals surface area contributed by atoms with E-state index < -0.39 is 5.97 Å². The highest BCUT2D eigenvalue weighted by Crippen LogP contribution is 2.60. The van der Waals surface area contributed by atoms with Gasteiger partial charge < -0.3 is 9.84 Å². The van der Waals surface area contributed by atoms with Gasteiger partial charge in [-0.25, -0.2) is 0 Å². The largest absolute Gasteiger partial charge is 0.494 e. The van der Waals surface area contributed by atoms with E-state index in [0.717, 1.165) is 49.4 Å². The summed E-state index contributed by atoms with van der Waals surface area (Å²) in [5.41, 5.74) is 2.07. The van der Waals surface area contributed by atoms with Crippen LogP contribution in [-0.2, 0) is 10.2 Å². The van der Waals surface area contributed by atoms with Crippen LogP contribution in [0.3, 0.4) is 0 Å². The quantitative estimate of drug-likeness (QED) is 0.351. The van der Waals surface area contributed by atoms with E-state index in [2.05, 4.69) is 24.3 Å². The molecule has 0 atom stereocenters. The summed E-state index contributed by atoms with van der Waals surface area (Å²) in [6.07, 6.45) is 18.3. The van der Waals surface area contributed by atoms with Crippen LogP contribution in [0.1, 0.15) is 102 Å². The Kier molecular flexibility index (Phi) is 7.38. The summed E-state index contributed by atoms with van der Waals surface area (Å²) >= 11 is 0. The monoisotopic (exact) mass is 412 g/mol. The predicted octanol–water partition coefficient (Wildman–Crippen LogP) is 7.13. The normalized spacial score (nSPS) is 29.3. The van der Waals surface area contributed by atoms with Crippen molar-refractivity contribution in [1.82, 2.24) is 0 Å². The van der Waals surface area contributed by atoms with Gasteiger partial charge in [-0.3, -0.25) is 4.79 Å². The lowest BCUT2D eigenvalue weighted by molar-refractivity contribution is -0.137. The first-order chi connectivity index (χ1) is 14.6. The third kappa shape index (κ3) is 5.59. The van der Waals surface area contributed by atoms with Gasteiger partial charge in [0.25, 0.3) is 0 Å². The van der Waals surface area contributed by atoms with E-state index in [-0.39, 0.29) is 0 Å². The maximum atomic E-state index is 10.5. The second kappa shape index (κ2) is 10.2. The number of hydrogen-bond acceptors (Lipinski definition) is 2. The minimum atomic E-state index is -0.669. The highest BCUT2D eigenvalue weighted by molar-refractivity contribution is 5.66. The van der Waals surface area contributed by atoms with Crippen molar-refractivity contribution >= 4 is 5.97 Å². The molecule has 3 nitrogen and oxygen atoms in total. The molecule has 0 aromatic heterocycles. The molecule has 0 saturated heterocycles. The van der Waals surface area contributed by atoms with E-state index in [1.54, 1.807) is 5.56 Å². The number of hydrogen-bond donors (Lipinski definition) is 1. The second-order valence-corrected chi connectivity index (χ2v) is 10.5. The van der Waals surface area contributed by atoms with Crippen LogP contribution in [0, 0.1) is 17.8 Å². The average molecular weight is 413 g/mol. The molecule has 1 aromatic rings. The zero-order valence-electron chi connectivity index (χ0n) is 18.6. The molecule has 4 aliphatic carbocycles. The standard InChI is InChI=1S/C27H40O3/c28-26(29)9-7-5-3-1-2-4-6-8-14-30-25-12-10-24(11-13-25)27-18-21-15-22(19-27)17-23(16-21)20-27/h10-13,21-23H,1-9,14-20H2,(H,28,29). The van der Waals surface area contributed by atoms with Crippen LogP contribution in [0.5, 0.6) is 5.75 Å². The topological polar surface area (TPSA) is 46.5 Å². The Balaban J connectivity index is 1.09. The van der Waals surface area contributed by atoms with E-state index in [1.165, 1.54) is 70.6 Å². The highest BCUT2D eigenvalue weighted by atomic mass is 16.5. The maximum Gasteiger partial charge on any atom is 0.303 e. The van der Waals surface area contributed by atoms with Crippen molar-refractivity contribution in [2.24, 2.45) is 17.8 Å². The van der Waals surface area contributed by atoms with Gasteiger partial charge in [0.15, 0.2) is 0 Å². The first-order valence-electron chi connectivity index (χ1n) is 12.6. The van der Waals surface area contributed by atoms with Gasteiger partial charge in [0.05, 0.1) is 6.61 Å². The summed E-state index contributed by atoms with van der Waals surface area (Å²) in [5.74, 6) is 3.35. The Labute approximate surface area is 182 Å². The van der Waals surface area contributed by atoms with Crippen molar-refractivity contribution in [3.05, 3.63) is 29.8 Å². The molecule has 1 N–H and O–H groups in total. The Morgan fingerprint density at radius 1 is 0.800 bits per heavy atom. The average Bonchev–Trinajstić information content (AvgIpc) is 2.71. The van der Waals surface area contributed by atoms with Gasteiger partial charge in [-0.2, -0.15) is 0 Å². The van der Waals surface area contributed by atoms with Crippen molar-refractivity contribution in [2.75, 3.05) is 6.61 Å². The molecule has 4 bridgehead atoms. The fraction of sp³-hybridized carbons (Fsp3) is 0.741. The van der Waals surface area contributed by atoms with Crippen molar-refractivity contribution < 1.29 is 14.6 Å². The van der Waals surface area contributed by atoms with Gasteiger partial charge in [-0.1, -0.05) is 50.7 Å². The molecule has 4 saturated carbocycles. The first kappa shape index (κ1) is 21.7. The zero-order chi connectivity index (χ0) is 20.8. The van der Waals surface area contributed by atoms with Gasteiger partial charge >= 0.3 is 5.97 Å². The number of carboxylic acids is 1. The van der Waals surface area contributed by atoms with Crippen molar-refractivity contribution in [3.63, 3.8) is 0 Å². The fourth-order valence-electron chi connectivity index (χ4n) is 7.00. The third-order valence-corrected chi connectivity index (χ3v) is 8.06. The summed E-state index contributed by atoms with van der Waals surface area (Å²) < 4.78 is 6.01. The second-order valence-electron chi connectivity index (χ2n) is 10.5. The zero-order valence-corrected chi connectivity index (χ0v) is 18.6. The van der Waals surface area contributed by atoms with Crippen LogP contribution < -0.4 is 4.74 Å². The van der Waals surface area contributed by atoms with Crippen LogP contribution >= 0.6 is 0 Å². The maximum absolute atomic E-state index is 10.5. The van der Waals surface area contributed by atoms with Crippen LogP contribution in [0.15, 0.2) is 24.3 Å². The molecular formula is C27H40O3. The molecule has 4 fully saturated rings. The Hall–Kier alpha value is -1.51. The molecule has 30 heavy (non-hydrogen) atoms. The van der Waals surface area contributed by atoms with Gasteiger partial charge in [-0.05, 0) is 92.2 Å². The number of ether oxygens (including phenoxy) is 1. The molecule has 0 unspecified atom stereocenters. The lowest BCUT2D eigenvalue weighted by Crippen LogP contribution is -2.48. The van der Waals surface area contributed by atoms with E-state index in [4.69, 9.17) is 9.84 Å². The molecule has 0 radical (unpaired) electrons. The van der Waals surface area contributed by atoms with Gasteiger partial charge in [0, 0.05) is 6.42 Å².